The second kappa shape index (κ2) is 2.94. The van der Waals surface area contributed by atoms with E-state index in [0.29, 0.717) is 0 Å². The summed E-state index contributed by atoms with van der Waals surface area (Å²) in [6.07, 6.45) is 1.95. The van der Waals surface area contributed by atoms with Gasteiger partial charge in [0, 0.05) is 0 Å². The van der Waals surface area contributed by atoms with Crippen molar-refractivity contribution in [3.05, 3.63) is 36.5 Å². The molecular formula is C9H6NNa. The molecule has 0 spiro atoms. The van der Waals surface area contributed by atoms with Crippen molar-refractivity contribution in [3.8, 4) is 0 Å². The summed E-state index contributed by atoms with van der Waals surface area (Å²) >= 11 is 1.08. The second-order valence-corrected chi connectivity index (χ2v) is 3.86. The zero-order valence-electron chi connectivity index (χ0n) is 6.41. The first-order valence-electron chi connectivity index (χ1n) is 3.68. The first-order valence-corrected chi connectivity index (χ1v) is 4.68. The molecule has 0 aliphatic heterocycles. The Morgan fingerprint density at radius 3 is 2.91 bits per heavy atom. The van der Waals surface area contributed by atoms with Crippen molar-refractivity contribution < 1.29 is 0 Å². The van der Waals surface area contributed by atoms with Crippen molar-refractivity contribution in [2.75, 3.05) is 0 Å². The number of nitrogens with zero attached hydrogens (tertiary/aromatic N) is 1. The summed E-state index contributed by atoms with van der Waals surface area (Å²) in [4.78, 5) is 4.32. The van der Waals surface area contributed by atoms with Gasteiger partial charge < -0.3 is 0 Å². The summed E-state index contributed by atoms with van der Waals surface area (Å²) in [6.45, 7) is 0. The average molecular weight is 151 g/mol. The monoisotopic (exact) mass is 151 g/mol. The van der Waals surface area contributed by atoms with Gasteiger partial charge in [0.25, 0.3) is 0 Å². The van der Waals surface area contributed by atoms with Gasteiger partial charge in [-0.3, -0.25) is 0 Å². The van der Waals surface area contributed by atoms with Crippen LogP contribution in [-0.2, 0) is 0 Å². The summed E-state index contributed by atoms with van der Waals surface area (Å²) in [5.74, 6) is 0. The summed E-state index contributed by atoms with van der Waals surface area (Å²) in [5, 5.41) is 1.25. The second-order valence-electron chi connectivity index (χ2n) is 2.71. The topological polar surface area (TPSA) is 12.9 Å². The molecule has 48 valence electrons. The first kappa shape index (κ1) is 7.29. The van der Waals surface area contributed by atoms with Gasteiger partial charge in [-0.1, -0.05) is 0 Å². The van der Waals surface area contributed by atoms with E-state index in [1.54, 1.807) is 0 Å². The SMILES string of the molecule is [Na][c]1cnc2ccccc2c1. The average Bonchev–Trinajstić information content (AvgIpc) is 2.04. The maximum absolute atomic E-state index is 4.32. The third kappa shape index (κ3) is 1.45. The summed E-state index contributed by atoms with van der Waals surface area (Å²) < 4.78 is 1.35. The molecule has 0 amide bonds. The zero-order chi connectivity index (χ0) is 7.68. The van der Waals surface area contributed by atoms with Gasteiger partial charge in [0.1, 0.15) is 0 Å². The number of pyridine rings is 1. The van der Waals surface area contributed by atoms with Crippen LogP contribution >= 0.6 is 0 Å². The number of rotatable bonds is 0. The molecule has 0 atom stereocenters. The Morgan fingerprint density at radius 1 is 1.18 bits per heavy atom. The predicted octanol–water partition coefficient (Wildman–Crippen LogP) is 1.03. The van der Waals surface area contributed by atoms with Gasteiger partial charge in [-0.2, -0.15) is 0 Å². The Morgan fingerprint density at radius 2 is 2.00 bits per heavy atom. The number of hydrogen-bond acceptors (Lipinski definition) is 1. The van der Waals surface area contributed by atoms with Crippen LogP contribution in [0.25, 0.3) is 10.9 Å². The molecular weight excluding hydrogens is 145 g/mol. The van der Waals surface area contributed by atoms with Crippen molar-refractivity contribution in [2.24, 2.45) is 0 Å². The predicted molar refractivity (Wildman–Crippen MR) is 47.1 cm³/mol. The van der Waals surface area contributed by atoms with Crippen LogP contribution in [0.15, 0.2) is 36.5 Å². The molecule has 0 radical (unpaired) electrons. The van der Waals surface area contributed by atoms with E-state index in [4.69, 9.17) is 0 Å². The van der Waals surface area contributed by atoms with Crippen molar-refractivity contribution in [1.82, 2.24) is 4.98 Å². The van der Waals surface area contributed by atoms with Crippen molar-refractivity contribution in [3.63, 3.8) is 0 Å². The van der Waals surface area contributed by atoms with E-state index in [2.05, 4.69) is 17.1 Å². The van der Waals surface area contributed by atoms with Crippen LogP contribution in [0.2, 0.25) is 0 Å². The minimum absolute atomic E-state index is 1.08. The first-order chi connectivity index (χ1) is 5.36. The van der Waals surface area contributed by atoms with Crippen LogP contribution in [0.5, 0.6) is 0 Å². The maximum atomic E-state index is 4.32. The van der Waals surface area contributed by atoms with E-state index >= 15 is 0 Å². The molecule has 0 fully saturated rings. The number of fused-ring (bicyclic) bond motifs is 1. The van der Waals surface area contributed by atoms with E-state index in [0.717, 1.165) is 33.4 Å². The van der Waals surface area contributed by atoms with Gasteiger partial charge in [-0.15, -0.1) is 0 Å². The molecule has 2 heteroatoms. The van der Waals surface area contributed by atoms with Crippen molar-refractivity contribution >= 4 is 41.6 Å². The quantitative estimate of drug-likeness (QED) is 0.512. The number of benzene rings is 1. The van der Waals surface area contributed by atoms with Crippen LogP contribution in [0.4, 0.5) is 0 Å². The van der Waals surface area contributed by atoms with E-state index < -0.39 is 0 Å². The molecule has 1 nitrogen and oxygen atoms in total. The minimum atomic E-state index is 1.08. The Bertz CT molecular complexity index is 384. The van der Waals surface area contributed by atoms with Crippen LogP contribution in [0, 0.1) is 0 Å². The number of hydrogen-bond donors (Lipinski definition) is 0. The molecule has 1 aromatic heterocycles. The third-order valence-corrected chi connectivity index (χ3v) is 2.27. The molecule has 1 aromatic carbocycles. The summed E-state index contributed by atoms with van der Waals surface area (Å²) in [5.41, 5.74) is 1.09. The Labute approximate surface area is 82.9 Å². The molecule has 2 aromatic rings. The normalized spacial score (nSPS) is 10.4. The Kier molecular flexibility index (Phi) is 1.95. The van der Waals surface area contributed by atoms with Gasteiger partial charge in [-0.05, 0) is 0 Å². The van der Waals surface area contributed by atoms with E-state index in [1.165, 1.54) is 8.20 Å². The molecule has 11 heavy (non-hydrogen) atoms. The third-order valence-electron chi connectivity index (χ3n) is 1.73. The molecule has 0 N–H and O–H groups in total. The molecule has 1 heterocycles. The number of aromatic nitrogens is 1. The van der Waals surface area contributed by atoms with Crippen molar-refractivity contribution in [2.45, 2.75) is 0 Å². The molecule has 0 aliphatic carbocycles. The van der Waals surface area contributed by atoms with E-state index in [1.807, 2.05) is 24.4 Å². The van der Waals surface area contributed by atoms with Gasteiger partial charge in [0.2, 0.25) is 0 Å². The van der Waals surface area contributed by atoms with Crippen LogP contribution in [-0.4, -0.2) is 32.9 Å². The molecule has 0 aliphatic rings. The summed E-state index contributed by atoms with van der Waals surface area (Å²) in [7, 11) is 0. The fraction of sp³-hybridized carbons (Fsp3) is 0. The van der Waals surface area contributed by atoms with Gasteiger partial charge in [-0.25, -0.2) is 0 Å². The Balaban J connectivity index is 2.83. The van der Waals surface area contributed by atoms with Gasteiger partial charge in [0.15, 0.2) is 0 Å². The van der Waals surface area contributed by atoms with Gasteiger partial charge in [0.05, 0.1) is 0 Å². The molecule has 2 rings (SSSR count). The fourth-order valence-corrected chi connectivity index (χ4v) is 1.62. The summed E-state index contributed by atoms with van der Waals surface area (Å²) in [6, 6.07) is 10.4. The molecule has 0 unspecified atom stereocenters. The Hall–Kier alpha value is -0.370. The molecule has 0 saturated carbocycles. The van der Waals surface area contributed by atoms with Gasteiger partial charge >= 0.3 is 83.2 Å². The standard InChI is InChI=1S/C9H6N.Na/c1-2-6-9-8(4-1)5-3-7-10-9;/h1-2,4-7H;. The molecule has 0 saturated heterocycles. The molecule has 0 bridgehead atoms. The van der Waals surface area contributed by atoms with Crippen LogP contribution in [0.1, 0.15) is 0 Å². The van der Waals surface area contributed by atoms with Crippen molar-refractivity contribution in [1.29, 1.82) is 0 Å². The van der Waals surface area contributed by atoms with Crippen LogP contribution in [0.3, 0.4) is 0 Å². The van der Waals surface area contributed by atoms with E-state index in [9.17, 15) is 0 Å². The number of para-hydroxylation sites is 1. The van der Waals surface area contributed by atoms with E-state index in [-0.39, 0.29) is 0 Å². The zero-order valence-corrected chi connectivity index (χ0v) is 8.41. The fourth-order valence-electron chi connectivity index (χ4n) is 1.18. The van der Waals surface area contributed by atoms with Crippen LogP contribution < -0.4 is 2.81 Å².